The van der Waals surface area contributed by atoms with Gasteiger partial charge in [-0.25, -0.2) is 0 Å². The Labute approximate surface area is 92.1 Å². The highest BCUT2D eigenvalue weighted by Gasteiger charge is 2.08. The van der Waals surface area contributed by atoms with E-state index in [-0.39, 0.29) is 0 Å². The number of aromatic nitrogens is 3. The van der Waals surface area contributed by atoms with Gasteiger partial charge >= 0.3 is 0 Å². The highest BCUT2D eigenvalue weighted by Crippen LogP contribution is 2.29. The van der Waals surface area contributed by atoms with Crippen LogP contribution in [0, 0.1) is 0 Å². The third kappa shape index (κ3) is 1.24. The van der Waals surface area contributed by atoms with Crippen LogP contribution >= 0.6 is 0 Å². The number of fused-ring (bicyclic) bond motifs is 1. The topological polar surface area (TPSA) is 67.6 Å². The summed E-state index contributed by atoms with van der Waals surface area (Å²) in [7, 11) is 0. The van der Waals surface area contributed by atoms with Crippen LogP contribution in [0.15, 0.2) is 42.7 Å². The van der Waals surface area contributed by atoms with E-state index >= 15 is 0 Å². The predicted molar refractivity (Wildman–Crippen MR) is 63.7 cm³/mol. The summed E-state index contributed by atoms with van der Waals surface area (Å²) in [4.78, 5) is 3.03. The van der Waals surface area contributed by atoms with Gasteiger partial charge in [0.25, 0.3) is 0 Å². The second-order valence-electron chi connectivity index (χ2n) is 3.59. The molecule has 1 aromatic carbocycles. The van der Waals surface area contributed by atoms with E-state index in [2.05, 4.69) is 15.2 Å². The Morgan fingerprint density at radius 1 is 1.06 bits per heavy atom. The van der Waals surface area contributed by atoms with Crippen molar-refractivity contribution in [3.63, 3.8) is 0 Å². The van der Waals surface area contributed by atoms with E-state index in [1.807, 2.05) is 36.5 Å². The van der Waals surface area contributed by atoms with Gasteiger partial charge in [0, 0.05) is 28.4 Å². The number of nitrogens with two attached hydrogens (primary N) is 1. The van der Waals surface area contributed by atoms with E-state index < -0.39 is 0 Å². The Kier molecular flexibility index (Phi) is 1.86. The summed E-state index contributed by atoms with van der Waals surface area (Å²) >= 11 is 0. The third-order valence-corrected chi connectivity index (χ3v) is 2.61. The van der Waals surface area contributed by atoms with Crippen LogP contribution in [0.4, 0.5) is 5.69 Å². The molecule has 0 unspecified atom stereocenters. The summed E-state index contributed by atoms with van der Waals surface area (Å²) in [6.07, 6.45) is 3.59. The Morgan fingerprint density at radius 2 is 1.94 bits per heavy atom. The Bertz CT molecular complexity index is 642. The fourth-order valence-electron chi connectivity index (χ4n) is 1.83. The first kappa shape index (κ1) is 8.91. The number of H-pyrrole nitrogens is 1. The van der Waals surface area contributed by atoms with E-state index in [1.54, 1.807) is 6.20 Å². The molecule has 0 spiro atoms. The average molecular weight is 210 g/mol. The number of para-hydroxylation sites is 1. The highest BCUT2D eigenvalue weighted by molar-refractivity contribution is 5.95. The number of aromatic amines is 1. The molecule has 16 heavy (non-hydrogen) atoms. The first-order valence-electron chi connectivity index (χ1n) is 5.00. The summed E-state index contributed by atoms with van der Waals surface area (Å²) in [5.74, 6) is 0. The van der Waals surface area contributed by atoms with E-state index in [4.69, 9.17) is 5.73 Å². The molecule has 78 valence electrons. The van der Waals surface area contributed by atoms with Crippen molar-refractivity contribution in [2.45, 2.75) is 0 Å². The predicted octanol–water partition coefficient (Wildman–Crippen LogP) is 2.21. The zero-order chi connectivity index (χ0) is 11.0. The molecule has 3 N–H and O–H groups in total. The van der Waals surface area contributed by atoms with Crippen molar-refractivity contribution in [3.8, 4) is 11.1 Å². The van der Waals surface area contributed by atoms with Crippen molar-refractivity contribution in [1.29, 1.82) is 0 Å². The quantitative estimate of drug-likeness (QED) is 0.605. The number of nitrogens with zero attached hydrogens (tertiary/aromatic N) is 2. The molecule has 4 nitrogen and oxygen atoms in total. The monoisotopic (exact) mass is 210 g/mol. The van der Waals surface area contributed by atoms with Crippen LogP contribution in [0.1, 0.15) is 0 Å². The van der Waals surface area contributed by atoms with E-state index in [9.17, 15) is 0 Å². The van der Waals surface area contributed by atoms with Crippen LogP contribution in [-0.2, 0) is 0 Å². The fourth-order valence-corrected chi connectivity index (χ4v) is 1.83. The van der Waals surface area contributed by atoms with Gasteiger partial charge in [0.15, 0.2) is 5.65 Å². The van der Waals surface area contributed by atoms with Gasteiger partial charge in [-0.15, -0.1) is 5.10 Å². The van der Waals surface area contributed by atoms with Gasteiger partial charge in [-0.3, -0.25) is 0 Å². The van der Waals surface area contributed by atoms with Crippen LogP contribution in [0.3, 0.4) is 0 Å². The van der Waals surface area contributed by atoms with Crippen LogP contribution in [0.2, 0.25) is 0 Å². The number of benzene rings is 1. The molecule has 2 heterocycles. The molecule has 0 aliphatic carbocycles. The second-order valence-corrected chi connectivity index (χ2v) is 3.59. The fraction of sp³-hybridized carbons (Fsp3) is 0. The van der Waals surface area contributed by atoms with Gasteiger partial charge < -0.3 is 10.7 Å². The van der Waals surface area contributed by atoms with Crippen LogP contribution in [0.5, 0.6) is 0 Å². The molecule has 0 fully saturated rings. The lowest BCUT2D eigenvalue weighted by Gasteiger charge is -2.05. The molecule has 3 rings (SSSR count). The second kappa shape index (κ2) is 3.34. The molecule has 0 saturated heterocycles. The van der Waals surface area contributed by atoms with Crippen LogP contribution in [-0.4, -0.2) is 15.2 Å². The summed E-state index contributed by atoms with van der Waals surface area (Å²) in [6.45, 7) is 0. The minimum atomic E-state index is 0.748. The molecule has 0 atom stereocenters. The molecule has 0 aliphatic heterocycles. The van der Waals surface area contributed by atoms with Gasteiger partial charge in [-0.2, -0.15) is 5.10 Å². The number of hydrogen-bond donors (Lipinski definition) is 2. The minimum absolute atomic E-state index is 0.748. The lowest BCUT2D eigenvalue weighted by Crippen LogP contribution is -1.91. The van der Waals surface area contributed by atoms with Crippen LogP contribution in [0.25, 0.3) is 22.2 Å². The van der Waals surface area contributed by atoms with Crippen molar-refractivity contribution in [2.24, 2.45) is 0 Å². The van der Waals surface area contributed by atoms with Crippen molar-refractivity contribution in [3.05, 3.63) is 42.7 Å². The molecular formula is C12H10N4. The smallest absolute Gasteiger partial charge is 0.160 e. The summed E-state index contributed by atoms with van der Waals surface area (Å²) in [5, 5.41) is 9.01. The molecule has 4 heteroatoms. The first-order valence-corrected chi connectivity index (χ1v) is 5.00. The molecule has 0 saturated carbocycles. The van der Waals surface area contributed by atoms with Crippen molar-refractivity contribution in [1.82, 2.24) is 15.2 Å². The Morgan fingerprint density at radius 3 is 2.81 bits per heavy atom. The van der Waals surface area contributed by atoms with Crippen LogP contribution < -0.4 is 5.73 Å². The normalized spacial score (nSPS) is 10.8. The number of nitrogens with one attached hydrogen (secondary N) is 1. The maximum absolute atomic E-state index is 5.95. The lowest BCUT2D eigenvalue weighted by molar-refractivity contribution is 1.06. The number of hydrogen-bond acceptors (Lipinski definition) is 3. The summed E-state index contributed by atoms with van der Waals surface area (Å²) in [5.41, 5.74) is 9.47. The molecule has 0 amide bonds. The van der Waals surface area contributed by atoms with Gasteiger partial charge in [0.05, 0.1) is 6.20 Å². The van der Waals surface area contributed by atoms with Gasteiger partial charge in [0.2, 0.25) is 0 Å². The SMILES string of the molecule is Nc1ccccc1-c1cnnc2[nH]ccc12. The first-order chi connectivity index (χ1) is 7.86. The molecule has 0 bridgehead atoms. The molecular weight excluding hydrogens is 200 g/mol. The molecule has 0 radical (unpaired) electrons. The number of rotatable bonds is 1. The highest BCUT2D eigenvalue weighted by atomic mass is 15.1. The summed E-state index contributed by atoms with van der Waals surface area (Å²) in [6, 6.07) is 9.73. The Hall–Kier alpha value is -2.36. The number of nitrogen functional groups attached to an aromatic ring is 1. The van der Waals surface area contributed by atoms with Crippen molar-refractivity contribution >= 4 is 16.7 Å². The zero-order valence-corrected chi connectivity index (χ0v) is 8.51. The average Bonchev–Trinajstić information content (AvgIpc) is 2.77. The molecule has 3 aromatic rings. The lowest BCUT2D eigenvalue weighted by atomic mass is 10.0. The Balaban J connectivity index is 2.34. The minimum Gasteiger partial charge on any atom is -0.398 e. The van der Waals surface area contributed by atoms with Gasteiger partial charge in [0.1, 0.15) is 0 Å². The number of anilines is 1. The largest absolute Gasteiger partial charge is 0.398 e. The van der Waals surface area contributed by atoms with Crippen molar-refractivity contribution in [2.75, 3.05) is 5.73 Å². The standard InChI is InChI=1S/C12H10N4/c13-11-4-2-1-3-8(11)10-7-15-16-12-9(10)5-6-14-12/h1-7H,13H2,(H,14,16). The van der Waals surface area contributed by atoms with Crippen molar-refractivity contribution < 1.29 is 0 Å². The van der Waals surface area contributed by atoms with Gasteiger partial charge in [-0.05, 0) is 12.1 Å². The van der Waals surface area contributed by atoms with E-state index in [0.29, 0.717) is 0 Å². The van der Waals surface area contributed by atoms with Gasteiger partial charge in [-0.1, -0.05) is 18.2 Å². The molecule has 2 aromatic heterocycles. The van der Waals surface area contributed by atoms with E-state index in [1.165, 1.54) is 0 Å². The third-order valence-electron chi connectivity index (χ3n) is 2.61. The summed E-state index contributed by atoms with van der Waals surface area (Å²) < 4.78 is 0. The maximum atomic E-state index is 5.95. The molecule has 0 aliphatic rings. The maximum Gasteiger partial charge on any atom is 0.160 e. The zero-order valence-electron chi connectivity index (χ0n) is 8.51. The van der Waals surface area contributed by atoms with E-state index in [0.717, 1.165) is 27.8 Å².